The van der Waals surface area contributed by atoms with Crippen LogP contribution in [0.4, 0.5) is 0 Å². The monoisotopic (exact) mass is 180 g/mol. The molecule has 0 N–H and O–H groups in total. The molecule has 1 heterocycles. The van der Waals surface area contributed by atoms with E-state index in [2.05, 4.69) is 55.8 Å². The van der Waals surface area contributed by atoms with E-state index < -0.39 is 8.07 Å². The van der Waals surface area contributed by atoms with Gasteiger partial charge in [-0.05, 0) is 11.6 Å². The maximum atomic E-state index is 2.40. The van der Waals surface area contributed by atoms with Gasteiger partial charge < -0.3 is 0 Å². The average molecular weight is 180 g/mol. The lowest BCUT2D eigenvalue weighted by atomic mass is 10.3. The summed E-state index contributed by atoms with van der Waals surface area (Å²) in [6.45, 7) is 7.21. The van der Waals surface area contributed by atoms with Gasteiger partial charge in [0.2, 0.25) is 0 Å². The van der Waals surface area contributed by atoms with E-state index >= 15 is 0 Å². The first kappa shape index (κ1) is 9.45. The highest BCUT2D eigenvalue weighted by molar-refractivity contribution is 6.75. The Morgan fingerprint density at radius 3 is 2.08 bits per heavy atom. The molecule has 2 heteroatoms. The number of rotatable bonds is 2. The van der Waals surface area contributed by atoms with Crippen molar-refractivity contribution in [1.82, 2.24) is 0 Å². The molecule has 0 bridgehead atoms. The van der Waals surface area contributed by atoms with Crippen LogP contribution in [0.2, 0.25) is 19.6 Å². The minimum Gasteiger partial charge on any atom is -0.208 e. The maximum Gasteiger partial charge on any atom is 0.168 e. The number of nitrogens with zero attached hydrogens (tertiary/aromatic N) is 1. The summed E-state index contributed by atoms with van der Waals surface area (Å²) < 4.78 is 2.08. The minimum absolute atomic E-state index is 0.925. The molecule has 0 aliphatic rings. The van der Waals surface area contributed by atoms with Crippen LogP contribution in [0.25, 0.3) is 0 Å². The fourth-order valence-electron chi connectivity index (χ4n) is 1.26. The Balaban J connectivity index is 2.71. The summed E-state index contributed by atoms with van der Waals surface area (Å²) in [7, 11) is 1.13. The van der Waals surface area contributed by atoms with Crippen LogP contribution >= 0.6 is 0 Å². The SMILES string of the molecule is C[n+]1ccc(C[Si](C)(C)C)cc1. The zero-order chi connectivity index (χ0) is 9.19. The van der Waals surface area contributed by atoms with Gasteiger partial charge >= 0.3 is 0 Å². The van der Waals surface area contributed by atoms with Crippen LogP contribution in [0.5, 0.6) is 0 Å². The molecule has 0 saturated carbocycles. The number of aromatic nitrogens is 1. The van der Waals surface area contributed by atoms with Gasteiger partial charge in [-0.15, -0.1) is 0 Å². The second kappa shape index (κ2) is 3.40. The van der Waals surface area contributed by atoms with Gasteiger partial charge in [0.15, 0.2) is 12.4 Å². The minimum atomic E-state index is -0.925. The molecule has 0 aromatic carbocycles. The summed E-state index contributed by atoms with van der Waals surface area (Å²) in [6, 6.07) is 5.73. The predicted octanol–water partition coefficient (Wildman–Crippen LogP) is 1.93. The Bertz CT molecular complexity index is 246. The Hall–Kier alpha value is -0.633. The van der Waals surface area contributed by atoms with Crippen LogP contribution in [0.1, 0.15) is 5.56 Å². The Labute approximate surface area is 76.1 Å². The van der Waals surface area contributed by atoms with E-state index in [1.807, 2.05) is 0 Å². The molecule has 0 radical (unpaired) electrons. The molecule has 0 fully saturated rings. The van der Waals surface area contributed by atoms with Crippen molar-refractivity contribution in [3.8, 4) is 0 Å². The van der Waals surface area contributed by atoms with Crippen molar-refractivity contribution >= 4 is 8.07 Å². The molecule has 1 aromatic heterocycles. The van der Waals surface area contributed by atoms with Gasteiger partial charge in [-0.3, -0.25) is 0 Å². The molecule has 0 unspecified atom stereocenters. The smallest absolute Gasteiger partial charge is 0.168 e. The van der Waals surface area contributed by atoms with E-state index in [0.717, 1.165) is 0 Å². The van der Waals surface area contributed by atoms with Crippen molar-refractivity contribution in [2.45, 2.75) is 25.7 Å². The topological polar surface area (TPSA) is 3.88 Å². The highest BCUT2D eigenvalue weighted by atomic mass is 28.3. The number of hydrogen-bond acceptors (Lipinski definition) is 0. The van der Waals surface area contributed by atoms with Crippen LogP contribution in [-0.2, 0) is 13.1 Å². The quantitative estimate of drug-likeness (QED) is 0.484. The van der Waals surface area contributed by atoms with Crippen LogP contribution in [0, 0.1) is 0 Å². The molecule has 0 saturated heterocycles. The molecule has 0 atom stereocenters. The van der Waals surface area contributed by atoms with Gasteiger partial charge in [-0.25, -0.2) is 4.57 Å². The van der Waals surface area contributed by atoms with Gasteiger partial charge in [0, 0.05) is 20.2 Å². The van der Waals surface area contributed by atoms with E-state index in [4.69, 9.17) is 0 Å². The number of hydrogen-bond donors (Lipinski definition) is 0. The van der Waals surface area contributed by atoms with Gasteiger partial charge in [0.1, 0.15) is 7.05 Å². The first-order valence-electron chi connectivity index (χ1n) is 4.41. The molecule has 66 valence electrons. The van der Waals surface area contributed by atoms with E-state index in [-0.39, 0.29) is 0 Å². The normalized spacial score (nSPS) is 11.7. The third kappa shape index (κ3) is 3.18. The van der Waals surface area contributed by atoms with Gasteiger partial charge in [-0.1, -0.05) is 19.6 Å². The zero-order valence-electron chi connectivity index (χ0n) is 8.46. The lowest BCUT2D eigenvalue weighted by molar-refractivity contribution is -0.671. The first-order valence-corrected chi connectivity index (χ1v) is 8.12. The largest absolute Gasteiger partial charge is 0.208 e. The van der Waals surface area contributed by atoms with Crippen molar-refractivity contribution < 1.29 is 4.57 Å². The molecule has 1 rings (SSSR count). The van der Waals surface area contributed by atoms with E-state index in [1.54, 1.807) is 0 Å². The molecule has 12 heavy (non-hydrogen) atoms. The molecule has 0 amide bonds. The molecule has 1 aromatic rings. The Kier molecular flexibility index (Phi) is 2.68. The van der Waals surface area contributed by atoms with Crippen molar-refractivity contribution in [3.63, 3.8) is 0 Å². The van der Waals surface area contributed by atoms with Crippen molar-refractivity contribution in [1.29, 1.82) is 0 Å². The fourth-order valence-corrected chi connectivity index (χ4v) is 2.72. The van der Waals surface area contributed by atoms with Gasteiger partial charge in [-0.2, -0.15) is 0 Å². The molecule has 0 spiro atoms. The van der Waals surface area contributed by atoms with Crippen molar-refractivity contribution in [2.75, 3.05) is 0 Å². The summed E-state index contributed by atoms with van der Waals surface area (Å²) >= 11 is 0. The maximum absolute atomic E-state index is 2.40. The molecular formula is C10H18NSi+. The molecular weight excluding hydrogens is 162 g/mol. The Morgan fingerprint density at radius 1 is 1.17 bits per heavy atom. The molecule has 1 nitrogen and oxygen atoms in total. The fraction of sp³-hybridized carbons (Fsp3) is 0.500. The lowest BCUT2D eigenvalue weighted by Gasteiger charge is -2.14. The second-order valence-corrected chi connectivity index (χ2v) is 10.1. The van der Waals surface area contributed by atoms with Gasteiger partial charge in [0.25, 0.3) is 0 Å². The zero-order valence-corrected chi connectivity index (χ0v) is 9.46. The summed E-state index contributed by atoms with van der Waals surface area (Å²) in [5.41, 5.74) is 1.48. The molecule has 0 aliphatic carbocycles. The third-order valence-electron chi connectivity index (χ3n) is 1.78. The van der Waals surface area contributed by atoms with Crippen LogP contribution in [-0.4, -0.2) is 8.07 Å². The highest BCUT2D eigenvalue weighted by Gasteiger charge is 2.13. The van der Waals surface area contributed by atoms with Crippen LogP contribution in [0.3, 0.4) is 0 Å². The summed E-state index contributed by atoms with van der Waals surface area (Å²) in [5.74, 6) is 0. The Morgan fingerprint density at radius 2 is 1.67 bits per heavy atom. The summed E-state index contributed by atoms with van der Waals surface area (Å²) in [5, 5.41) is 0. The van der Waals surface area contributed by atoms with Gasteiger partial charge in [0.05, 0.1) is 0 Å². The summed E-state index contributed by atoms with van der Waals surface area (Å²) in [6.07, 6.45) is 4.24. The first-order chi connectivity index (χ1) is 5.47. The van der Waals surface area contributed by atoms with Crippen molar-refractivity contribution in [2.24, 2.45) is 7.05 Å². The van der Waals surface area contributed by atoms with Crippen LogP contribution < -0.4 is 4.57 Å². The van der Waals surface area contributed by atoms with E-state index in [9.17, 15) is 0 Å². The molecule has 0 aliphatic heterocycles. The number of pyridine rings is 1. The van der Waals surface area contributed by atoms with E-state index in [1.165, 1.54) is 11.6 Å². The average Bonchev–Trinajstić information content (AvgIpc) is 1.91. The van der Waals surface area contributed by atoms with E-state index in [0.29, 0.717) is 0 Å². The van der Waals surface area contributed by atoms with Crippen molar-refractivity contribution in [3.05, 3.63) is 30.1 Å². The number of aryl methyl sites for hydroxylation is 1. The third-order valence-corrected chi connectivity index (χ3v) is 3.25. The summed E-state index contributed by atoms with van der Waals surface area (Å²) in [4.78, 5) is 0. The lowest BCUT2D eigenvalue weighted by Crippen LogP contribution is -2.28. The predicted molar refractivity (Wildman–Crippen MR) is 54.7 cm³/mol. The van der Waals surface area contributed by atoms with Crippen LogP contribution in [0.15, 0.2) is 24.5 Å². The second-order valence-electron chi connectivity index (χ2n) is 4.61. The highest BCUT2D eigenvalue weighted by Crippen LogP contribution is 2.09. The standard InChI is InChI=1S/C10H18NSi/c1-11-7-5-10(6-8-11)9-12(2,3)4/h5-8H,9H2,1-4H3/q+1.